The Kier molecular flexibility index (Phi) is 2.43. The van der Waals surface area contributed by atoms with Gasteiger partial charge in [0.15, 0.2) is 0 Å². The number of nitrogen functional groups attached to an aromatic ring is 2. The number of hydrogen-bond donors (Lipinski definition) is 3. The molecule has 5 N–H and O–H groups in total. The van der Waals surface area contributed by atoms with E-state index in [4.69, 9.17) is 16.0 Å². The Hall–Kier alpha value is -1.27. The number of anilines is 2. The summed E-state index contributed by atoms with van der Waals surface area (Å²) in [6.45, 7) is 3.04. The third-order valence-corrected chi connectivity index (χ3v) is 3.24. The second-order valence-corrected chi connectivity index (χ2v) is 4.47. The van der Waals surface area contributed by atoms with Crippen LogP contribution in [0, 0.1) is 13.8 Å². The fourth-order valence-electron chi connectivity index (χ4n) is 1.31. The normalized spacial score (nSPS) is 11.6. The highest BCUT2D eigenvalue weighted by atomic mass is 32.2. The molecule has 0 fully saturated rings. The van der Waals surface area contributed by atoms with Gasteiger partial charge < -0.3 is 11.5 Å². The van der Waals surface area contributed by atoms with Gasteiger partial charge >= 0.3 is 0 Å². The molecule has 0 saturated carbocycles. The van der Waals surface area contributed by atoms with Crippen LogP contribution in [0.5, 0.6) is 0 Å². The van der Waals surface area contributed by atoms with E-state index in [0.29, 0.717) is 11.1 Å². The molecule has 0 amide bonds. The van der Waals surface area contributed by atoms with Crippen molar-refractivity contribution in [2.45, 2.75) is 18.7 Å². The average molecular weight is 216 g/mol. The predicted octanol–water partition coefficient (Wildman–Crippen LogP) is 0.715. The Morgan fingerprint density at radius 2 is 1.50 bits per heavy atom. The minimum atomic E-state index is -4.27. The quantitative estimate of drug-likeness (QED) is 0.473. The molecule has 0 aromatic heterocycles. The topological polar surface area (TPSA) is 106 Å². The van der Waals surface area contributed by atoms with Crippen LogP contribution in [0.15, 0.2) is 11.0 Å². The molecule has 1 aromatic carbocycles. The Bertz CT molecular complexity index is 454. The Morgan fingerprint density at radius 3 is 1.79 bits per heavy atom. The first-order valence-corrected chi connectivity index (χ1v) is 5.31. The van der Waals surface area contributed by atoms with Crippen LogP contribution >= 0.6 is 0 Å². The molecule has 5 nitrogen and oxygen atoms in total. The van der Waals surface area contributed by atoms with Crippen LogP contribution in [0.2, 0.25) is 0 Å². The maximum atomic E-state index is 11.0. The molecule has 14 heavy (non-hydrogen) atoms. The summed E-state index contributed by atoms with van der Waals surface area (Å²) in [5.74, 6) is 0. The van der Waals surface area contributed by atoms with Gasteiger partial charge in [-0.3, -0.25) is 4.55 Å². The van der Waals surface area contributed by atoms with E-state index in [0.717, 1.165) is 0 Å². The molecule has 0 aliphatic heterocycles. The summed E-state index contributed by atoms with van der Waals surface area (Å²) < 4.78 is 31.0. The fraction of sp³-hybridized carbons (Fsp3) is 0.250. The van der Waals surface area contributed by atoms with Crippen LogP contribution < -0.4 is 11.5 Å². The summed E-state index contributed by atoms with van der Waals surface area (Å²) in [5, 5.41) is 0. The van der Waals surface area contributed by atoms with Crippen molar-refractivity contribution in [3.8, 4) is 0 Å². The number of benzene rings is 1. The second-order valence-electron chi connectivity index (χ2n) is 3.11. The lowest BCUT2D eigenvalue weighted by molar-refractivity contribution is 0.482. The predicted molar refractivity (Wildman–Crippen MR) is 54.6 cm³/mol. The lowest BCUT2D eigenvalue weighted by Crippen LogP contribution is -2.08. The van der Waals surface area contributed by atoms with Crippen molar-refractivity contribution < 1.29 is 13.0 Å². The van der Waals surface area contributed by atoms with Crippen LogP contribution in [0.1, 0.15) is 11.1 Å². The summed E-state index contributed by atoms with van der Waals surface area (Å²) in [6.07, 6.45) is 0. The summed E-state index contributed by atoms with van der Waals surface area (Å²) >= 11 is 0. The zero-order valence-corrected chi connectivity index (χ0v) is 8.72. The van der Waals surface area contributed by atoms with Crippen LogP contribution in [0.25, 0.3) is 0 Å². The minimum Gasteiger partial charge on any atom is -0.398 e. The van der Waals surface area contributed by atoms with Crippen molar-refractivity contribution >= 4 is 21.5 Å². The van der Waals surface area contributed by atoms with Crippen molar-refractivity contribution in [3.05, 3.63) is 17.2 Å². The third-order valence-electron chi connectivity index (χ3n) is 2.12. The molecule has 0 aliphatic carbocycles. The largest absolute Gasteiger partial charge is 0.398 e. The van der Waals surface area contributed by atoms with E-state index in [1.54, 1.807) is 0 Å². The first-order valence-electron chi connectivity index (χ1n) is 3.87. The summed E-state index contributed by atoms with van der Waals surface area (Å²) in [6, 6.07) is 1.47. The first-order chi connectivity index (χ1) is 6.25. The van der Waals surface area contributed by atoms with E-state index in [-0.39, 0.29) is 16.3 Å². The maximum Gasteiger partial charge on any atom is 0.295 e. The van der Waals surface area contributed by atoms with Crippen LogP contribution in [-0.2, 0) is 10.1 Å². The lowest BCUT2D eigenvalue weighted by atomic mass is 10.1. The smallest absolute Gasteiger partial charge is 0.295 e. The maximum absolute atomic E-state index is 11.0. The van der Waals surface area contributed by atoms with Gasteiger partial charge in [-0.15, -0.1) is 0 Å². The molecule has 78 valence electrons. The van der Waals surface area contributed by atoms with Crippen LogP contribution in [0.3, 0.4) is 0 Å². The van der Waals surface area contributed by atoms with Gasteiger partial charge in [0.25, 0.3) is 10.1 Å². The standard InChI is InChI=1S/C8H12N2O3S/c1-4-6(9)3-7(10)5(2)8(4)14(11,12)13/h3H,9-10H2,1-2H3,(H,11,12,13). The zero-order chi connectivity index (χ0) is 11.1. The molecule has 0 radical (unpaired) electrons. The highest BCUT2D eigenvalue weighted by molar-refractivity contribution is 7.86. The van der Waals surface area contributed by atoms with Crippen molar-refractivity contribution in [1.29, 1.82) is 0 Å². The van der Waals surface area contributed by atoms with Gasteiger partial charge in [-0.25, -0.2) is 0 Å². The van der Waals surface area contributed by atoms with Gasteiger partial charge in [-0.05, 0) is 31.0 Å². The zero-order valence-electron chi connectivity index (χ0n) is 7.90. The molecular formula is C8H12N2O3S. The highest BCUT2D eigenvalue weighted by Gasteiger charge is 2.19. The van der Waals surface area contributed by atoms with Crippen molar-refractivity contribution in [2.75, 3.05) is 11.5 Å². The summed E-state index contributed by atoms with van der Waals surface area (Å²) in [4.78, 5) is -0.199. The molecule has 0 aliphatic rings. The number of nitrogens with two attached hydrogens (primary N) is 2. The third kappa shape index (κ3) is 1.66. The van der Waals surface area contributed by atoms with E-state index in [2.05, 4.69) is 0 Å². The highest BCUT2D eigenvalue weighted by Crippen LogP contribution is 2.29. The fourth-order valence-corrected chi connectivity index (χ4v) is 2.32. The number of hydrogen-bond acceptors (Lipinski definition) is 4. The monoisotopic (exact) mass is 216 g/mol. The van der Waals surface area contributed by atoms with E-state index in [1.807, 2.05) is 0 Å². The molecule has 0 spiro atoms. The van der Waals surface area contributed by atoms with Crippen molar-refractivity contribution in [1.82, 2.24) is 0 Å². The van der Waals surface area contributed by atoms with Crippen LogP contribution in [-0.4, -0.2) is 13.0 Å². The van der Waals surface area contributed by atoms with Gasteiger partial charge in [0.1, 0.15) is 4.90 Å². The van der Waals surface area contributed by atoms with E-state index < -0.39 is 10.1 Å². The minimum absolute atomic E-state index is 0.199. The molecule has 0 bridgehead atoms. The van der Waals surface area contributed by atoms with E-state index in [9.17, 15) is 8.42 Å². The van der Waals surface area contributed by atoms with Crippen LogP contribution in [0.4, 0.5) is 11.4 Å². The van der Waals surface area contributed by atoms with E-state index >= 15 is 0 Å². The molecule has 0 heterocycles. The second kappa shape index (κ2) is 3.14. The van der Waals surface area contributed by atoms with Gasteiger partial charge in [0.05, 0.1) is 0 Å². The summed E-state index contributed by atoms with van der Waals surface area (Å²) in [7, 11) is -4.27. The van der Waals surface area contributed by atoms with Gasteiger partial charge in [-0.2, -0.15) is 8.42 Å². The SMILES string of the molecule is Cc1c(N)cc(N)c(C)c1S(=O)(=O)O. The molecule has 1 aromatic rings. The van der Waals surface area contributed by atoms with Gasteiger partial charge in [0.2, 0.25) is 0 Å². The van der Waals surface area contributed by atoms with Crippen molar-refractivity contribution in [2.24, 2.45) is 0 Å². The van der Waals surface area contributed by atoms with Crippen molar-refractivity contribution in [3.63, 3.8) is 0 Å². The molecule has 6 heteroatoms. The molecule has 1 rings (SSSR count). The average Bonchev–Trinajstić information content (AvgIpc) is 1.98. The molecule has 0 saturated heterocycles. The summed E-state index contributed by atoms with van der Waals surface area (Å²) in [5.41, 5.74) is 12.2. The first kappa shape index (κ1) is 10.8. The number of rotatable bonds is 1. The molecular weight excluding hydrogens is 204 g/mol. The Labute approximate surface area is 82.5 Å². The van der Waals surface area contributed by atoms with Gasteiger partial charge in [-0.1, -0.05) is 0 Å². The molecule has 0 unspecified atom stereocenters. The lowest BCUT2D eigenvalue weighted by Gasteiger charge is -2.11. The van der Waals surface area contributed by atoms with E-state index in [1.165, 1.54) is 19.9 Å². The van der Waals surface area contributed by atoms with Gasteiger partial charge in [0, 0.05) is 11.4 Å². The Morgan fingerprint density at radius 1 is 1.14 bits per heavy atom. The Balaban J connectivity index is 3.74. The molecule has 0 atom stereocenters.